The number of phosphoric acid groups is 2. The molecule has 17 nitrogen and oxygen atoms in total. The predicted octanol–water partition coefficient (Wildman–Crippen LogP) is 19.2. The number of rotatable bonds is 67. The van der Waals surface area contributed by atoms with Crippen LogP contribution >= 0.6 is 15.6 Å². The Labute approximate surface area is 530 Å². The summed E-state index contributed by atoms with van der Waals surface area (Å²) in [5.74, 6) is -0.762. The summed E-state index contributed by atoms with van der Waals surface area (Å²) < 4.78 is 68.0. The van der Waals surface area contributed by atoms with Crippen LogP contribution in [-0.4, -0.2) is 96.7 Å². The van der Waals surface area contributed by atoms with Gasteiger partial charge < -0.3 is 33.8 Å². The topological polar surface area (TPSA) is 237 Å². The number of carbonyl (C=O) groups excluding carboxylic acids is 4. The van der Waals surface area contributed by atoms with Crippen LogP contribution in [0.25, 0.3) is 0 Å². The highest BCUT2D eigenvalue weighted by Gasteiger charge is 2.30. The van der Waals surface area contributed by atoms with E-state index in [2.05, 4.69) is 41.5 Å². The first-order chi connectivity index (χ1) is 41.9. The van der Waals surface area contributed by atoms with Crippen molar-refractivity contribution in [3.05, 3.63) is 0 Å². The summed E-state index contributed by atoms with van der Waals surface area (Å²) in [7, 11) is -9.89. The average molecular weight is 1280 g/mol. The molecule has 0 saturated heterocycles. The summed E-state index contributed by atoms with van der Waals surface area (Å²) in [6, 6.07) is 0. The molecule has 19 heteroatoms. The molecule has 0 heterocycles. The van der Waals surface area contributed by atoms with Crippen molar-refractivity contribution >= 4 is 39.5 Å². The van der Waals surface area contributed by atoms with Gasteiger partial charge in [0.15, 0.2) is 12.2 Å². The van der Waals surface area contributed by atoms with Crippen molar-refractivity contribution in [3.63, 3.8) is 0 Å². The molecule has 87 heavy (non-hydrogen) atoms. The largest absolute Gasteiger partial charge is 0.472 e. The van der Waals surface area contributed by atoms with Crippen LogP contribution in [0.4, 0.5) is 0 Å². The van der Waals surface area contributed by atoms with Crippen LogP contribution in [0, 0.1) is 11.8 Å². The molecule has 0 rings (SSSR count). The molecule has 0 aliphatic rings. The summed E-state index contributed by atoms with van der Waals surface area (Å²) in [6.07, 6.45) is 45.0. The van der Waals surface area contributed by atoms with E-state index in [1.54, 1.807) is 0 Å². The van der Waals surface area contributed by atoms with Crippen molar-refractivity contribution in [2.24, 2.45) is 11.8 Å². The summed E-state index contributed by atoms with van der Waals surface area (Å²) >= 11 is 0. The Kier molecular flexibility index (Phi) is 59.0. The average Bonchev–Trinajstić information content (AvgIpc) is 3.63. The highest BCUT2D eigenvalue weighted by Crippen LogP contribution is 2.45. The molecule has 0 aromatic heterocycles. The monoisotopic (exact) mass is 1280 g/mol. The van der Waals surface area contributed by atoms with Crippen molar-refractivity contribution in [2.75, 3.05) is 39.6 Å². The molecule has 3 N–H and O–H groups in total. The number of ether oxygens (including phenoxy) is 4. The lowest BCUT2D eigenvalue weighted by atomic mass is 10.0. The molecule has 2 unspecified atom stereocenters. The Bertz CT molecular complexity index is 1700. The molecule has 0 spiro atoms. The van der Waals surface area contributed by atoms with Crippen molar-refractivity contribution in [1.29, 1.82) is 0 Å². The van der Waals surface area contributed by atoms with E-state index in [-0.39, 0.29) is 25.7 Å². The van der Waals surface area contributed by atoms with Gasteiger partial charge in [-0.05, 0) is 37.5 Å². The standard InChI is InChI=1S/C68H132O17P2/c1-7-9-11-13-15-17-18-19-20-21-22-23-24-25-26-27-28-32-40-46-52-67(72)84-63(56-79-66(71)51-45-39-33-29-30-36-42-48-60(3)4)58-82-86(74,75)80-54-62(69)55-81-87(76,77)83-59-64(57-78-65(70)50-44-38-31-16-14-12-10-8-2)85-68(73)53-47-41-35-34-37-43-49-61(5)6/h60-64,69H,7-59H2,1-6H3,(H,74,75)(H,76,77)/t62-,63-,64-/m1/s1. The third-order valence-corrected chi connectivity index (χ3v) is 17.6. The number of phosphoric ester groups is 2. The third-order valence-electron chi connectivity index (χ3n) is 15.7. The zero-order valence-electron chi connectivity index (χ0n) is 56.3. The van der Waals surface area contributed by atoms with Gasteiger partial charge in [0, 0.05) is 25.7 Å². The van der Waals surface area contributed by atoms with Gasteiger partial charge in [-0.2, -0.15) is 0 Å². The number of carbonyl (C=O) groups is 4. The second-order valence-corrected chi connectivity index (χ2v) is 28.4. The minimum Gasteiger partial charge on any atom is -0.462 e. The lowest BCUT2D eigenvalue weighted by Crippen LogP contribution is -2.30. The molecular weight excluding hydrogens is 1150 g/mol. The Morgan fingerprint density at radius 1 is 0.310 bits per heavy atom. The van der Waals surface area contributed by atoms with Crippen molar-refractivity contribution in [3.8, 4) is 0 Å². The van der Waals surface area contributed by atoms with E-state index < -0.39 is 97.5 Å². The van der Waals surface area contributed by atoms with E-state index in [0.29, 0.717) is 37.5 Å². The SMILES string of the molecule is CCCCCCCCCCCCCCCCCCCCCCC(=O)O[C@H](COC(=O)CCCCCCCCCC(C)C)COP(=O)(O)OC[C@@H](O)COP(=O)(O)OC[C@@H](COC(=O)CCCCCCCCCC)OC(=O)CCCCCCCCC(C)C. The first-order valence-electron chi connectivity index (χ1n) is 35.5. The van der Waals surface area contributed by atoms with Crippen LogP contribution < -0.4 is 0 Å². The third kappa shape index (κ3) is 62.6. The zero-order chi connectivity index (χ0) is 64.3. The minimum atomic E-state index is -4.95. The highest BCUT2D eigenvalue weighted by atomic mass is 31.2. The summed E-state index contributed by atoms with van der Waals surface area (Å²) in [5.41, 5.74) is 0. The van der Waals surface area contributed by atoms with Gasteiger partial charge >= 0.3 is 39.5 Å². The van der Waals surface area contributed by atoms with Crippen molar-refractivity contribution in [1.82, 2.24) is 0 Å². The fourth-order valence-electron chi connectivity index (χ4n) is 10.2. The molecule has 0 aromatic rings. The molecule has 516 valence electrons. The van der Waals surface area contributed by atoms with Gasteiger partial charge in [0.05, 0.1) is 26.4 Å². The number of esters is 4. The summed E-state index contributed by atoms with van der Waals surface area (Å²) in [5, 5.41) is 10.5. The van der Waals surface area contributed by atoms with Gasteiger partial charge in [0.1, 0.15) is 19.3 Å². The van der Waals surface area contributed by atoms with Crippen LogP contribution in [0.5, 0.6) is 0 Å². The number of aliphatic hydroxyl groups is 1. The van der Waals surface area contributed by atoms with Gasteiger partial charge in [-0.25, -0.2) is 9.13 Å². The highest BCUT2D eigenvalue weighted by molar-refractivity contribution is 7.47. The number of aliphatic hydroxyl groups excluding tert-OH is 1. The summed E-state index contributed by atoms with van der Waals surface area (Å²) in [4.78, 5) is 72.2. The maximum Gasteiger partial charge on any atom is 0.472 e. The Morgan fingerprint density at radius 3 is 0.782 bits per heavy atom. The number of unbranched alkanes of at least 4 members (excludes halogenated alkanes) is 37. The zero-order valence-corrected chi connectivity index (χ0v) is 58.1. The van der Waals surface area contributed by atoms with E-state index >= 15 is 0 Å². The van der Waals surface area contributed by atoms with Crippen LogP contribution in [0.3, 0.4) is 0 Å². The van der Waals surface area contributed by atoms with Gasteiger partial charge in [-0.15, -0.1) is 0 Å². The molecule has 0 saturated carbocycles. The molecule has 5 atom stereocenters. The van der Waals surface area contributed by atoms with Crippen LogP contribution in [0.15, 0.2) is 0 Å². The lowest BCUT2D eigenvalue weighted by Gasteiger charge is -2.21. The first kappa shape index (κ1) is 85.1. The van der Waals surface area contributed by atoms with Gasteiger partial charge in [-0.1, -0.05) is 292 Å². The van der Waals surface area contributed by atoms with E-state index in [1.807, 2.05) is 0 Å². The van der Waals surface area contributed by atoms with E-state index in [0.717, 1.165) is 103 Å². The molecule has 0 radical (unpaired) electrons. The minimum absolute atomic E-state index is 0.102. The van der Waals surface area contributed by atoms with Gasteiger partial charge in [0.2, 0.25) is 0 Å². The molecule has 0 aliphatic carbocycles. The fourth-order valence-corrected chi connectivity index (χ4v) is 11.8. The quantitative estimate of drug-likeness (QED) is 0.0222. The molecule has 0 bridgehead atoms. The maximum atomic E-state index is 13.0. The lowest BCUT2D eigenvalue weighted by molar-refractivity contribution is -0.161. The van der Waals surface area contributed by atoms with Crippen molar-refractivity contribution < 1.29 is 80.2 Å². The summed E-state index contributed by atoms with van der Waals surface area (Å²) in [6.45, 7) is 9.35. The number of hydrogen-bond donors (Lipinski definition) is 3. The molecule has 0 amide bonds. The van der Waals surface area contributed by atoms with Gasteiger partial charge in [-0.3, -0.25) is 37.3 Å². The van der Waals surface area contributed by atoms with E-state index in [4.69, 9.17) is 37.0 Å². The smallest absolute Gasteiger partial charge is 0.462 e. The Morgan fingerprint density at radius 2 is 0.529 bits per heavy atom. The molecule has 0 aliphatic heterocycles. The second kappa shape index (κ2) is 60.3. The Balaban J connectivity index is 5.14. The van der Waals surface area contributed by atoms with Crippen LogP contribution in [0.1, 0.15) is 343 Å². The van der Waals surface area contributed by atoms with E-state index in [1.165, 1.54) is 148 Å². The Hall–Kier alpha value is -1.94. The predicted molar refractivity (Wildman–Crippen MR) is 349 cm³/mol. The number of hydrogen-bond acceptors (Lipinski definition) is 15. The fraction of sp³-hybridized carbons (Fsp3) is 0.941. The normalized spacial score (nSPS) is 14.2. The second-order valence-electron chi connectivity index (χ2n) is 25.5. The van der Waals surface area contributed by atoms with Crippen LogP contribution in [0.2, 0.25) is 0 Å². The molecular formula is C68H132O17P2. The maximum absolute atomic E-state index is 13.0. The first-order valence-corrected chi connectivity index (χ1v) is 38.5. The van der Waals surface area contributed by atoms with Crippen molar-refractivity contribution in [2.45, 2.75) is 362 Å². The molecule has 0 fully saturated rings. The van der Waals surface area contributed by atoms with Gasteiger partial charge in [0.25, 0.3) is 0 Å². The van der Waals surface area contributed by atoms with E-state index in [9.17, 15) is 43.2 Å². The molecule has 0 aromatic carbocycles. The van der Waals surface area contributed by atoms with Crippen LogP contribution in [-0.2, 0) is 65.4 Å².